The summed E-state index contributed by atoms with van der Waals surface area (Å²) < 4.78 is 5.18. The van der Waals surface area contributed by atoms with E-state index in [1.807, 2.05) is 19.2 Å². The number of guanidine groups is 1. The van der Waals surface area contributed by atoms with Gasteiger partial charge in [0, 0.05) is 27.2 Å². The van der Waals surface area contributed by atoms with Crippen LogP contribution < -0.4 is 10.1 Å². The van der Waals surface area contributed by atoms with Gasteiger partial charge in [0.05, 0.1) is 7.11 Å². The van der Waals surface area contributed by atoms with Crippen LogP contribution in [0, 0.1) is 5.92 Å². The Bertz CT molecular complexity index is 452. The predicted octanol–water partition coefficient (Wildman–Crippen LogP) is 2.89. The Morgan fingerprint density at radius 1 is 1.33 bits per heavy atom. The van der Waals surface area contributed by atoms with Crippen LogP contribution in [-0.2, 0) is 6.54 Å². The van der Waals surface area contributed by atoms with E-state index in [1.165, 1.54) is 31.2 Å². The molecule has 1 aliphatic rings. The quantitative estimate of drug-likeness (QED) is 0.476. The molecule has 0 bridgehead atoms. The van der Waals surface area contributed by atoms with Gasteiger partial charge in [0.15, 0.2) is 5.96 Å². The van der Waals surface area contributed by atoms with Gasteiger partial charge >= 0.3 is 0 Å². The highest BCUT2D eigenvalue weighted by molar-refractivity contribution is 5.79. The first kappa shape index (κ1) is 15.7. The molecule has 0 aromatic heterocycles. The lowest BCUT2D eigenvalue weighted by atomic mass is 10.2. The molecule has 0 saturated heterocycles. The van der Waals surface area contributed by atoms with Gasteiger partial charge in [0.1, 0.15) is 5.75 Å². The Kier molecular flexibility index (Phi) is 5.90. The first-order chi connectivity index (χ1) is 10.2. The summed E-state index contributed by atoms with van der Waals surface area (Å²) in [6.07, 6.45) is 5.46. The molecule has 1 aliphatic carbocycles. The topological polar surface area (TPSA) is 36.9 Å². The molecule has 0 unspecified atom stereocenters. The number of nitrogens with one attached hydrogen (secondary N) is 1. The van der Waals surface area contributed by atoms with E-state index < -0.39 is 0 Å². The van der Waals surface area contributed by atoms with Crippen molar-refractivity contribution < 1.29 is 4.74 Å². The highest BCUT2D eigenvalue weighted by atomic mass is 16.5. The Hall–Kier alpha value is -1.71. The molecule has 4 heteroatoms. The van der Waals surface area contributed by atoms with E-state index in [4.69, 9.17) is 4.74 Å². The standard InChI is InChI=1S/C17H27N3O/c1-18-17(19-12-4-5-14-6-7-14)20(2)13-15-8-10-16(21-3)11-9-15/h8-11,14H,4-7,12-13H2,1-3H3,(H,18,19). The number of aliphatic imine (C=N–C) groups is 1. The number of rotatable bonds is 7. The first-order valence-electron chi connectivity index (χ1n) is 7.77. The van der Waals surface area contributed by atoms with E-state index in [0.29, 0.717) is 0 Å². The minimum Gasteiger partial charge on any atom is -0.497 e. The molecule has 1 aromatic carbocycles. The number of hydrogen-bond acceptors (Lipinski definition) is 2. The SMILES string of the molecule is CN=C(NCCCC1CC1)N(C)Cc1ccc(OC)cc1. The van der Waals surface area contributed by atoms with E-state index in [9.17, 15) is 0 Å². The molecular formula is C17H27N3O. The number of methoxy groups -OCH3 is 1. The third kappa shape index (κ3) is 5.29. The molecule has 0 aliphatic heterocycles. The highest BCUT2D eigenvalue weighted by Crippen LogP contribution is 2.33. The Labute approximate surface area is 128 Å². The third-order valence-electron chi connectivity index (χ3n) is 3.92. The van der Waals surface area contributed by atoms with Gasteiger partial charge in [-0.25, -0.2) is 0 Å². The Morgan fingerprint density at radius 2 is 2.05 bits per heavy atom. The molecule has 1 N–H and O–H groups in total. The lowest BCUT2D eigenvalue weighted by molar-refractivity contribution is 0.414. The van der Waals surface area contributed by atoms with Gasteiger partial charge in [0.2, 0.25) is 0 Å². The van der Waals surface area contributed by atoms with Gasteiger partial charge in [-0.3, -0.25) is 4.99 Å². The van der Waals surface area contributed by atoms with Crippen molar-refractivity contribution in [2.75, 3.05) is 27.7 Å². The van der Waals surface area contributed by atoms with Crippen molar-refractivity contribution in [2.45, 2.75) is 32.2 Å². The maximum absolute atomic E-state index is 5.18. The van der Waals surface area contributed by atoms with Crippen LogP contribution in [0.5, 0.6) is 5.75 Å². The van der Waals surface area contributed by atoms with Crippen LogP contribution >= 0.6 is 0 Å². The van der Waals surface area contributed by atoms with E-state index in [2.05, 4.69) is 34.4 Å². The fourth-order valence-electron chi connectivity index (χ4n) is 2.46. The van der Waals surface area contributed by atoms with Crippen LogP contribution in [0.3, 0.4) is 0 Å². The molecule has 21 heavy (non-hydrogen) atoms. The zero-order valence-corrected chi connectivity index (χ0v) is 13.4. The lowest BCUT2D eigenvalue weighted by Gasteiger charge is -2.22. The molecule has 116 valence electrons. The zero-order chi connectivity index (χ0) is 15.1. The molecule has 0 amide bonds. The van der Waals surface area contributed by atoms with Gasteiger partial charge in [-0.2, -0.15) is 0 Å². The largest absolute Gasteiger partial charge is 0.497 e. The van der Waals surface area contributed by atoms with Gasteiger partial charge in [0.25, 0.3) is 0 Å². The number of benzene rings is 1. The smallest absolute Gasteiger partial charge is 0.193 e. The van der Waals surface area contributed by atoms with Gasteiger partial charge < -0.3 is 15.0 Å². The van der Waals surface area contributed by atoms with E-state index in [-0.39, 0.29) is 0 Å². The monoisotopic (exact) mass is 289 g/mol. The maximum Gasteiger partial charge on any atom is 0.193 e. The average molecular weight is 289 g/mol. The Balaban J connectivity index is 1.76. The summed E-state index contributed by atoms with van der Waals surface area (Å²) >= 11 is 0. The molecule has 1 saturated carbocycles. The molecule has 2 rings (SSSR count). The van der Waals surface area contributed by atoms with Crippen LogP contribution in [0.15, 0.2) is 29.3 Å². The van der Waals surface area contributed by atoms with Crippen molar-refractivity contribution in [2.24, 2.45) is 10.9 Å². The predicted molar refractivity (Wildman–Crippen MR) is 87.8 cm³/mol. The lowest BCUT2D eigenvalue weighted by Crippen LogP contribution is -2.38. The maximum atomic E-state index is 5.18. The van der Waals surface area contributed by atoms with Crippen LogP contribution in [0.1, 0.15) is 31.2 Å². The first-order valence-corrected chi connectivity index (χ1v) is 7.77. The Morgan fingerprint density at radius 3 is 2.62 bits per heavy atom. The highest BCUT2D eigenvalue weighted by Gasteiger charge is 2.20. The minimum absolute atomic E-state index is 0.840. The molecule has 4 nitrogen and oxygen atoms in total. The van der Waals surface area contributed by atoms with Crippen molar-refractivity contribution in [3.63, 3.8) is 0 Å². The summed E-state index contributed by atoms with van der Waals surface area (Å²) in [6, 6.07) is 8.18. The summed E-state index contributed by atoms with van der Waals surface area (Å²) in [6.45, 7) is 1.85. The number of nitrogens with zero attached hydrogens (tertiary/aromatic N) is 2. The molecule has 1 fully saturated rings. The molecule has 0 atom stereocenters. The second-order valence-corrected chi connectivity index (χ2v) is 5.76. The van der Waals surface area contributed by atoms with Gasteiger partial charge in [-0.1, -0.05) is 25.0 Å². The summed E-state index contributed by atoms with van der Waals surface area (Å²) in [7, 11) is 5.60. The van der Waals surface area contributed by atoms with Crippen molar-refractivity contribution in [3.05, 3.63) is 29.8 Å². The van der Waals surface area contributed by atoms with Crippen LogP contribution in [0.2, 0.25) is 0 Å². The second kappa shape index (κ2) is 7.91. The second-order valence-electron chi connectivity index (χ2n) is 5.76. The van der Waals surface area contributed by atoms with Crippen LogP contribution in [-0.4, -0.2) is 38.6 Å². The van der Waals surface area contributed by atoms with Gasteiger partial charge in [-0.15, -0.1) is 0 Å². The summed E-state index contributed by atoms with van der Waals surface area (Å²) in [5.74, 6) is 2.86. The molecule has 1 aromatic rings. The summed E-state index contributed by atoms with van der Waals surface area (Å²) in [5.41, 5.74) is 1.25. The fourth-order valence-corrected chi connectivity index (χ4v) is 2.46. The average Bonchev–Trinajstić information content (AvgIpc) is 3.32. The summed E-state index contributed by atoms with van der Waals surface area (Å²) in [5, 5.41) is 3.45. The molecule has 0 radical (unpaired) electrons. The molecular weight excluding hydrogens is 262 g/mol. The van der Waals surface area contributed by atoms with Gasteiger partial charge in [-0.05, 0) is 36.5 Å². The van der Waals surface area contributed by atoms with Crippen LogP contribution in [0.4, 0.5) is 0 Å². The zero-order valence-electron chi connectivity index (χ0n) is 13.4. The van der Waals surface area contributed by atoms with Crippen molar-refractivity contribution in [1.29, 1.82) is 0 Å². The number of hydrogen-bond donors (Lipinski definition) is 1. The van der Waals surface area contributed by atoms with E-state index in [1.54, 1.807) is 7.11 Å². The third-order valence-corrected chi connectivity index (χ3v) is 3.92. The normalized spacial score (nSPS) is 14.9. The number of ether oxygens (including phenoxy) is 1. The van der Waals surface area contributed by atoms with Crippen molar-refractivity contribution >= 4 is 5.96 Å². The summed E-state index contributed by atoms with van der Waals surface area (Å²) in [4.78, 5) is 6.51. The van der Waals surface area contributed by atoms with E-state index >= 15 is 0 Å². The van der Waals surface area contributed by atoms with E-state index in [0.717, 1.165) is 30.7 Å². The molecule has 0 heterocycles. The molecule has 0 spiro atoms. The van der Waals surface area contributed by atoms with Crippen molar-refractivity contribution in [1.82, 2.24) is 10.2 Å². The fraction of sp³-hybridized carbons (Fsp3) is 0.588. The van der Waals surface area contributed by atoms with Crippen LogP contribution in [0.25, 0.3) is 0 Å². The van der Waals surface area contributed by atoms with Crippen molar-refractivity contribution in [3.8, 4) is 5.75 Å². The minimum atomic E-state index is 0.840.